The first-order valence-corrected chi connectivity index (χ1v) is 6.65. The zero-order valence-electron chi connectivity index (χ0n) is 10.8. The topological polar surface area (TPSA) is 59.5 Å². The molecule has 3 heterocycles. The molecule has 1 aliphatic rings. The average molecular weight is 259 g/mol. The lowest BCUT2D eigenvalue weighted by atomic mass is 10.2. The van der Waals surface area contributed by atoms with Crippen molar-refractivity contribution < 1.29 is 4.42 Å². The molecule has 0 bridgehead atoms. The van der Waals surface area contributed by atoms with E-state index in [2.05, 4.69) is 20.2 Å². The number of hydrogen-bond donors (Lipinski definition) is 0. The fourth-order valence-corrected chi connectivity index (χ4v) is 2.25. The van der Waals surface area contributed by atoms with Crippen molar-refractivity contribution in [3.8, 4) is 0 Å². The van der Waals surface area contributed by atoms with Crippen molar-refractivity contribution in [2.75, 3.05) is 18.0 Å². The molecule has 0 amide bonds. The van der Waals surface area contributed by atoms with E-state index >= 15 is 0 Å². The summed E-state index contributed by atoms with van der Waals surface area (Å²) in [6.07, 6.45) is 9.86. The number of hydrogen-bond acceptors (Lipinski definition) is 5. The van der Waals surface area contributed by atoms with Gasteiger partial charge in [-0.2, -0.15) is 5.10 Å². The Balaban J connectivity index is 1.68. The van der Waals surface area contributed by atoms with Gasteiger partial charge < -0.3 is 9.32 Å². The van der Waals surface area contributed by atoms with E-state index in [1.54, 1.807) is 6.21 Å². The van der Waals surface area contributed by atoms with Gasteiger partial charge in [0.05, 0.1) is 6.21 Å². The van der Waals surface area contributed by atoms with Crippen molar-refractivity contribution in [2.45, 2.75) is 25.7 Å². The van der Waals surface area contributed by atoms with Crippen molar-refractivity contribution in [1.82, 2.24) is 14.9 Å². The van der Waals surface area contributed by atoms with E-state index in [0.29, 0.717) is 0 Å². The molecule has 0 atom stereocenters. The van der Waals surface area contributed by atoms with Crippen molar-refractivity contribution >= 4 is 12.1 Å². The summed E-state index contributed by atoms with van der Waals surface area (Å²) in [6.45, 7) is 2.16. The van der Waals surface area contributed by atoms with E-state index < -0.39 is 0 Å². The average Bonchev–Trinajstić information content (AvgIpc) is 3.03. The molecule has 2 aromatic heterocycles. The van der Waals surface area contributed by atoms with Crippen LogP contribution in [0.25, 0.3) is 0 Å². The number of anilines is 1. The molecule has 19 heavy (non-hydrogen) atoms. The molecule has 0 N–H and O–H groups in total. The van der Waals surface area contributed by atoms with Gasteiger partial charge in [-0.3, -0.25) is 0 Å². The molecular weight excluding hydrogens is 242 g/mol. The van der Waals surface area contributed by atoms with Gasteiger partial charge in [-0.25, -0.2) is 4.68 Å². The van der Waals surface area contributed by atoms with Gasteiger partial charge in [-0.1, -0.05) is 12.8 Å². The lowest BCUT2D eigenvalue weighted by Crippen LogP contribution is -2.23. The third-order valence-corrected chi connectivity index (χ3v) is 3.26. The quantitative estimate of drug-likeness (QED) is 0.792. The number of rotatable bonds is 3. The molecule has 0 aliphatic carbocycles. The molecule has 100 valence electrons. The van der Waals surface area contributed by atoms with Crippen LogP contribution in [0.4, 0.5) is 5.88 Å². The molecule has 6 nitrogen and oxygen atoms in total. The smallest absolute Gasteiger partial charge is 0.196 e. The van der Waals surface area contributed by atoms with Crippen molar-refractivity contribution in [3.05, 3.63) is 30.5 Å². The Morgan fingerprint density at radius 2 is 1.79 bits per heavy atom. The van der Waals surface area contributed by atoms with Crippen molar-refractivity contribution in [1.29, 1.82) is 0 Å². The first-order chi connectivity index (χ1) is 9.42. The summed E-state index contributed by atoms with van der Waals surface area (Å²) < 4.78 is 7.34. The number of furan rings is 1. The maximum Gasteiger partial charge on any atom is 0.196 e. The number of nitrogens with zero attached hydrogens (tertiary/aromatic N) is 5. The molecular formula is C13H17N5O. The normalized spacial score (nSPS) is 16.9. The Kier molecular flexibility index (Phi) is 3.58. The predicted molar refractivity (Wildman–Crippen MR) is 72.4 cm³/mol. The third-order valence-electron chi connectivity index (χ3n) is 3.26. The second-order valence-electron chi connectivity index (χ2n) is 4.66. The molecule has 0 spiro atoms. The SMILES string of the molecule is C(=N/n1cnnc1)/c1ccc(N2CCCCCC2)o1. The zero-order chi connectivity index (χ0) is 12.9. The van der Waals surface area contributed by atoms with Gasteiger partial charge in [0.2, 0.25) is 0 Å². The molecule has 6 heteroatoms. The van der Waals surface area contributed by atoms with Crippen LogP contribution >= 0.6 is 0 Å². The highest BCUT2D eigenvalue weighted by Crippen LogP contribution is 2.21. The van der Waals surface area contributed by atoms with Gasteiger partial charge >= 0.3 is 0 Å². The second-order valence-corrected chi connectivity index (χ2v) is 4.66. The standard InChI is InChI=1S/C13H17N5O/c1-2-4-8-17(7-3-1)13-6-5-12(19-13)9-16-18-10-14-15-11-18/h5-6,9-11H,1-4,7-8H2/b16-9-. The molecule has 1 aliphatic heterocycles. The van der Waals surface area contributed by atoms with Crippen LogP contribution in [-0.4, -0.2) is 34.2 Å². The summed E-state index contributed by atoms with van der Waals surface area (Å²) in [5.74, 6) is 1.68. The van der Waals surface area contributed by atoms with Gasteiger partial charge in [0.15, 0.2) is 5.88 Å². The Morgan fingerprint density at radius 1 is 1.05 bits per heavy atom. The molecule has 1 saturated heterocycles. The highest BCUT2D eigenvalue weighted by Gasteiger charge is 2.12. The number of aromatic nitrogens is 3. The Bertz CT molecular complexity index is 523. The van der Waals surface area contributed by atoms with Crippen LogP contribution in [0.15, 0.2) is 34.3 Å². The summed E-state index contributed by atoms with van der Waals surface area (Å²) in [4.78, 5) is 2.31. The van der Waals surface area contributed by atoms with E-state index in [9.17, 15) is 0 Å². The molecule has 0 saturated carbocycles. The lowest BCUT2D eigenvalue weighted by Gasteiger charge is -2.18. The molecule has 2 aromatic rings. The second kappa shape index (κ2) is 5.69. The Hall–Kier alpha value is -2.11. The highest BCUT2D eigenvalue weighted by atomic mass is 16.4. The lowest BCUT2D eigenvalue weighted by molar-refractivity contribution is 0.538. The minimum absolute atomic E-state index is 0.743. The maximum absolute atomic E-state index is 5.80. The molecule has 0 aromatic carbocycles. The van der Waals surface area contributed by atoms with E-state index in [1.807, 2.05) is 12.1 Å². The predicted octanol–water partition coefficient (Wildman–Crippen LogP) is 2.13. The van der Waals surface area contributed by atoms with Gasteiger partial charge in [0.25, 0.3) is 0 Å². The fourth-order valence-electron chi connectivity index (χ4n) is 2.25. The Labute approximate surface area is 111 Å². The maximum atomic E-state index is 5.80. The van der Waals surface area contributed by atoms with Gasteiger partial charge in [0, 0.05) is 19.2 Å². The third kappa shape index (κ3) is 3.01. The molecule has 0 radical (unpaired) electrons. The van der Waals surface area contributed by atoms with Crippen LogP contribution in [0.3, 0.4) is 0 Å². The minimum Gasteiger partial charge on any atom is -0.440 e. The molecule has 0 unspecified atom stereocenters. The molecule has 3 rings (SSSR count). The van der Waals surface area contributed by atoms with Gasteiger partial charge in [-0.15, -0.1) is 10.2 Å². The van der Waals surface area contributed by atoms with E-state index in [-0.39, 0.29) is 0 Å². The van der Waals surface area contributed by atoms with E-state index in [0.717, 1.165) is 24.7 Å². The van der Waals surface area contributed by atoms with E-state index in [4.69, 9.17) is 4.42 Å². The van der Waals surface area contributed by atoms with Crippen LogP contribution < -0.4 is 4.90 Å². The summed E-state index contributed by atoms with van der Waals surface area (Å²) in [7, 11) is 0. The summed E-state index contributed by atoms with van der Waals surface area (Å²) in [6, 6.07) is 3.95. The summed E-state index contributed by atoms with van der Waals surface area (Å²) in [5.41, 5.74) is 0. The monoisotopic (exact) mass is 259 g/mol. The van der Waals surface area contributed by atoms with Crippen LogP contribution in [0.2, 0.25) is 0 Å². The first-order valence-electron chi connectivity index (χ1n) is 6.65. The highest BCUT2D eigenvalue weighted by molar-refractivity contribution is 5.76. The van der Waals surface area contributed by atoms with Crippen LogP contribution in [0, 0.1) is 0 Å². The van der Waals surface area contributed by atoms with Crippen LogP contribution in [0.5, 0.6) is 0 Å². The fraction of sp³-hybridized carbons (Fsp3) is 0.462. The van der Waals surface area contributed by atoms with Gasteiger partial charge in [-0.05, 0) is 18.9 Å². The largest absolute Gasteiger partial charge is 0.440 e. The summed E-state index contributed by atoms with van der Waals surface area (Å²) in [5, 5.41) is 11.5. The minimum atomic E-state index is 0.743. The van der Waals surface area contributed by atoms with E-state index in [1.165, 1.54) is 43.0 Å². The van der Waals surface area contributed by atoms with Crippen molar-refractivity contribution in [2.24, 2.45) is 5.10 Å². The van der Waals surface area contributed by atoms with Crippen LogP contribution in [-0.2, 0) is 0 Å². The van der Waals surface area contributed by atoms with Crippen molar-refractivity contribution in [3.63, 3.8) is 0 Å². The first kappa shape index (κ1) is 12.0. The summed E-state index contributed by atoms with van der Waals surface area (Å²) >= 11 is 0. The molecule has 1 fully saturated rings. The van der Waals surface area contributed by atoms with Crippen LogP contribution in [0.1, 0.15) is 31.4 Å². The van der Waals surface area contributed by atoms with Gasteiger partial charge in [0.1, 0.15) is 18.4 Å². The Morgan fingerprint density at radius 3 is 2.53 bits per heavy atom. The zero-order valence-corrected chi connectivity index (χ0v) is 10.8.